The van der Waals surface area contributed by atoms with Gasteiger partial charge in [0, 0.05) is 36.2 Å². The van der Waals surface area contributed by atoms with Gasteiger partial charge in [0.25, 0.3) is 5.91 Å². The monoisotopic (exact) mass is 415 g/mol. The SMILES string of the molecule is CCCCC1CCC(C(=O)NCCNC(=O)c2ccc(NC(=O)C(C)C)cc2)CC1. The third kappa shape index (κ3) is 7.81. The summed E-state index contributed by atoms with van der Waals surface area (Å²) in [4.78, 5) is 36.3. The number of hydrogen-bond acceptors (Lipinski definition) is 3. The van der Waals surface area contributed by atoms with Gasteiger partial charge in [0.15, 0.2) is 0 Å². The fourth-order valence-corrected chi connectivity index (χ4v) is 3.81. The van der Waals surface area contributed by atoms with Gasteiger partial charge >= 0.3 is 0 Å². The largest absolute Gasteiger partial charge is 0.354 e. The molecular formula is C24H37N3O3. The first-order valence-corrected chi connectivity index (χ1v) is 11.4. The van der Waals surface area contributed by atoms with Gasteiger partial charge in [0.1, 0.15) is 0 Å². The van der Waals surface area contributed by atoms with E-state index in [0.29, 0.717) is 24.3 Å². The molecule has 3 amide bonds. The van der Waals surface area contributed by atoms with E-state index >= 15 is 0 Å². The zero-order valence-electron chi connectivity index (χ0n) is 18.6. The summed E-state index contributed by atoms with van der Waals surface area (Å²) in [5.41, 5.74) is 1.19. The zero-order valence-corrected chi connectivity index (χ0v) is 18.6. The minimum Gasteiger partial charge on any atom is -0.354 e. The van der Waals surface area contributed by atoms with Crippen LogP contribution < -0.4 is 16.0 Å². The molecule has 0 bridgehead atoms. The van der Waals surface area contributed by atoms with Crippen molar-refractivity contribution in [3.63, 3.8) is 0 Å². The fraction of sp³-hybridized carbons (Fsp3) is 0.625. The Labute approximate surface area is 180 Å². The molecule has 6 nitrogen and oxygen atoms in total. The summed E-state index contributed by atoms with van der Waals surface area (Å²) in [5, 5.41) is 8.58. The molecule has 166 valence electrons. The molecule has 0 atom stereocenters. The number of benzene rings is 1. The molecule has 0 saturated heterocycles. The number of rotatable bonds is 10. The Morgan fingerprint density at radius 2 is 1.60 bits per heavy atom. The molecule has 1 aromatic rings. The van der Waals surface area contributed by atoms with Crippen molar-refractivity contribution in [2.75, 3.05) is 18.4 Å². The Hall–Kier alpha value is -2.37. The van der Waals surface area contributed by atoms with Crippen LogP contribution in [0.2, 0.25) is 0 Å². The molecule has 30 heavy (non-hydrogen) atoms. The van der Waals surface area contributed by atoms with Crippen LogP contribution >= 0.6 is 0 Å². The van der Waals surface area contributed by atoms with Crippen molar-refractivity contribution < 1.29 is 14.4 Å². The van der Waals surface area contributed by atoms with E-state index in [1.807, 2.05) is 13.8 Å². The van der Waals surface area contributed by atoms with Gasteiger partial charge in [0.2, 0.25) is 11.8 Å². The normalized spacial score (nSPS) is 18.7. The van der Waals surface area contributed by atoms with Gasteiger partial charge < -0.3 is 16.0 Å². The van der Waals surface area contributed by atoms with E-state index in [9.17, 15) is 14.4 Å². The van der Waals surface area contributed by atoms with E-state index in [1.54, 1.807) is 24.3 Å². The van der Waals surface area contributed by atoms with Crippen LogP contribution in [0.15, 0.2) is 24.3 Å². The third-order valence-electron chi connectivity index (χ3n) is 5.83. The van der Waals surface area contributed by atoms with Gasteiger partial charge in [0.05, 0.1) is 0 Å². The second kappa shape index (κ2) is 12.4. The predicted molar refractivity (Wildman–Crippen MR) is 120 cm³/mol. The Morgan fingerprint density at radius 3 is 2.20 bits per heavy atom. The molecule has 0 spiro atoms. The second-order valence-corrected chi connectivity index (χ2v) is 8.63. The quantitative estimate of drug-likeness (QED) is 0.502. The Morgan fingerprint density at radius 1 is 0.967 bits per heavy atom. The Kier molecular flexibility index (Phi) is 9.84. The summed E-state index contributed by atoms with van der Waals surface area (Å²) in [6.45, 7) is 6.70. The van der Waals surface area contributed by atoms with E-state index in [4.69, 9.17) is 0 Å². The maximum atomic E-state index is 12.3. The molecule has 1 fully saturated rings. The Balaban J connectivity index is 1.65. The van der Waals surface area contributed by atoms with E-state index < -0.39 is 0 Å². The highest BCUT2D eigenvalue weighted by Crippen LogP contribution is 2.31. The minimum atomic E-state index is -0.192. The highest BCUT2D eigenvalue weighted by Gasteiger charge is 2.25. The van der Waals surface area contributed by atoms with Gasteiger partial charge in [-0.3, -0.25) is 14.4 Å². The summed E-state index contributed by atoms with van der Waals surface area (Å²) >= 11 is 0. The first-order valence-electron chi connectivity index (χ1n) is 11.4. The average Bonchev–Trinajstić information content (AvgIpc) is 2.75. The number of unbranched alkanes of at least 4 members (excludes halogenated alkanes) is 1. The van der Waals surface area contributed by atoms with Crippen molar-refractivity contribution in [2.45, 2.75) is 65.7 Å². The van der Waals surface area contributed by atoms with Crippen molar-refractivity contribution in [3.8, 4) is 0 Å². The van der Waals surface area contributed by atoms with Crippen LogP contribution in [0.25, 0.3) is 0 Å². The number of amides is 3. The van der Waals surface area contributed by atoms with Crippen molar-refractivity contribution in [1.29, 1.82) is 0 Å². The lowest BCUT2D eigenvalue weighted by molar-refractivity contribution is -0.126. The number of hydrogen-bond donors (Lipinski definition) is 3. The van der Waals surface area contributed by atoms with Crippen LogP contribution in [0, 0.1) is 17.8 Å². The zero-order chi connectivity index (χ0) is 21.9. The lowest BCUT2D eigenvalue weighted by Crippen LogP contribution is -2.38. The maximum Gasteiger partial charge on any atom is 0.251 e. The molecule has 2 rings (SSSR count). The van der Waals surface area contributed by atoms with E-state index in [1.165, 1.54) is 19.3 Å². The van der Waals surface area contributed by atoms with Crippen LogP contribution in [0.4, 0.5) is 5.69 Å². The first kappa shape index (κ1) is 23.9. The third-order valence-corrected chi connectivity index (χ3v) is 5.83. The van der Waals surface area contributed by atoms with Crippen LogP contribution in [0.3, 0.4) is 0 Å². The molecule has 1 saturated carbocycles. The summed E-state index contributed by atoms with van der Waals surface area (Å²) in [7, 11) is 0. The van der Waals surface area contributed by atoms with E-state index in [0.717, 1.165) is 31.6 Å². The highest BCUT2D eigenvalue weighted by atomic mass is 16.2. The van der Waals surface area contributed by atoms with Gasteiger partial charge in [-0.2, -0.15) is 0 Å². The first-order chi connectivity index (χ1) is 14.4. The van der Waals surface area contributed by atoms with Crippen molar-refractivity contribution in [3.05, 3.63) is 29.8 Å². The molecule has 3 N–H and O–H groups in total. The van der Waals surface area contributed by atoms with Crippen LogP contribution in [0.5, 0.6) is 0 Å². The number of carbonyl (C=O) groups excluding carboxylic acids is 3. The smallest absolute Gasteiger partial charge is 0.251 e. The molecule has 0 radical (unpaired) electrons. The summed E-state index contributed by atoms with van der Waals surface area (Å²) in [6, 6.07) is 6.79. The molecule has 6 heteroatoms. The van der Waals surface area contributed by atoms with Crippen molar-refractivity contribution in [1.82, 2.24) is 10.6 Å². The van der Waals surface area contributed by atoms with Crippen LogP contribution in [-0.4, -0.2) is 30.8 Å². The molecule has 0 aromatic heterocycles. The second-order valence-electron chi connectivity index (χ2n) is 8.63. The minimum absolute atomic E-state index is 0.0580. The summed E-state index contributed by atoms with van der Waals surface area (Å²) in [6.07, 6.45) is 8.09. The van der Waals surface area contributed by atoms with Crippen LogP contribution in [-0.2, 0) is 9.59 Å². The molecule has 0 unspecified atom stereocenters. The van der Waals surface area contributed by atoms with Crippen molar-refractivity contribution >= 4 is 23.4 Å². The summed E-state index contributed by atoms with van der Waals surface area (Å²) in [5.74, 6) is 0.674. The van der Waals surface area contributed by atoms with E-state index in [2.05, 4.69) is 22.9 Å². The van der Waals surface area contributed by atoms with Crippen LogP contribution in [0.1, 0.15) is 76.1 Å². The average molecular weight is 416 g/mol. The number of carbonyl (C=O) groups is 3. The fourth-order valence-electron chi connectivity index (χ4n) is 3.81. The lowest BCUT2D eigenvalue weighted by atomic mass is 9.79. The molecule has 1 aliphatic rings. The van der Waals surface area contributed by atoms with Crippen molar-refractivity contribution in [2.24, 2.45) is 17.8 Å². The molecule has 1 aliphatic carbocycles. The highest BCUT2D eigenvalue weighted by molar-refractivity contribution is 5.96. The predicted octanol–water partition coefficient (Wildman–Crippen LogP) is 4.12. The Bertz CT molecular complexity index is 692. The summed E-state index contributed by atoms with van der Waals surface area (Å²) < 4.78 is 0. The van der Waals surface area contributed by atoms with Gasteiger partial charge in [-0.15, -0.1) is 0 Å². The maximum absolute atomic E-state index is 12.3. The van der Waals surface area contributed by atoms with Gasteiger partial charge in [-0.05, 0) is 55.9 Å². The van der Waals surface area contributed by atoms with E-state index in [-0.39, 0.29) is 29.6 Å². The number of nitrogens with one attached hydrogen (secondary N) is 3. The topological polar surface area (TPSA) is 87.3 Å². The lowest BCUT2D eigenvalue weighted by Gasteiger charge is -2.27. The molecule has 0 aliphatic heterocycles. The van der Waals surface area contributed by atoms with Gasteiger partial charge in [-0.25, -0.2) is 0 Å². The molecule has 0 heterocycles. The standard InChI is InChI=1S/C24H37N3O3/c1-4-5-6-18-7-9-19(10-8-18)23(29)25-15-16-26-24(30)20-11-13-21(14-12-20)27-22(28)17(2)3/h11-14,17-19H,4-10,15-16H2,1-3H3,(H,25,29)(H,26,30)(H,27,28). The van der Waals surface area contributed by atoms with Gasteiger partial charge in [-0.1, -0.05) is 40.0 Å². The molecular weight excluding hydrogens is 378 g/mol. The number of anilines is 1. The molecule has 1 aromatic carbocycles.